The molecule has 0 heterocycles. The van der Waals surface area contributed by atoms with Gasteiger partial charge in [0, 0.05) is 20.5 Å². The fourth-order valence-electron chi connectivity index (χ4n) is 1.76. The quantitative estimate of drug-likeness (QED) is 0.705. The Balaban J connectivity index is 2.57. The van der Waals surface area contributed by atoms with Gasteiger partial charge in [-0.3, -0.25) is 9.69 Å². The number of hydrogen-bond donors (Lipinski definition) is 0. The van der Waals surface area contributed by atoms with Gasteiger partial charge >= 0.3 is 0 Å². The first kappa shape index (κ1) is 13.7. The van der Waals surface area contributed by atoms with Gasteiger partial charge in [-0.15, -0.1) is 0 Å². The molecule has 1 aromatic carbocycles. The first-order valence-corrected chi connectivity index (χ1v) is 6.11. The molecule has 0 atom stereocenters. The van der Waals surface area contributed by atoms with Gasteiger partial charge < -0.3 is 4.90 Å². The van der Waals surface area contributed by atoms with E-state index in [1.165, 1.54) is 5.56 Å². The van der Waals surface area contributed by atoms with Gasteiger partial charge in [-0.2, -0.15) is 0 Å². The smallest absolute Gasteiger partial charge is 0.220 e. The maximum atomic E-state index is 11.2. The second-order valence-electron chi connectivity index (χ2n) is 4.40. The van der Waals surface area contributed by atoms with Crippen molar-refractivity contribution >= 4 is 5.91 Å². The molecule has 0 spiro atoms. The van der Waals surface area contributed by atoms with Crippen molar-refractivity contribution < 1.29 is 4.79 Å². The largest absolute Gasteiger partial charge is 0.333 e. The third kappa shape index (κ3) is 5.00. The summed E-state index contributed by atoms with van der Waals surface area (Å²) in [5, 5.41) is 0. The van der Waals surface area contributed by atoms with Crippen LogP contribution in [0.25, 0.3) is 0 Å². The molecule has 0 aliphatic carbocycles. The van der Waals surface area contributed by atoms with Crippen LogP contribution in [0.1, 0.15) is 25.8 Å². The van der Waals surface area contributed by atoms with Crippen molar-refractivity contribution in [1.29, 1.82) is 0 Å². The minimum atomic E-state index is 0.110. The Morgan fingerprint density at radius 1 is 1.24 bits per heavy atom. The van der Waals surface area contributed by atoms with Crippen LogP contribution in [-0.2, 0) is 11.3 Å². The van der Waals surface area contributed by atoms with E-state index in [0.29, 0.717) is 6.67 Å². The molecular formula is C14H22N2O. The Labute approximate surface area is 104 Å². The summed E-state index contributed by atoms with van der Waals surface area (Å²) < 4.78 is 0. The third-order valence-electron chi connectivity index (χ3n) is 2.74. The molecule has 1 aromatic rings. The van der Waals surface area contributed by atoms with Gasteiger partial charge in [0.1, 0.15) is 0 Å². The summed E-state index contributed by atoms with van der Waals surface area (Å²) in [6.45, 7) is 6.36. The summed E-state index contributed by atoms with van der Waals surface area (Å²) >= 11 is 0. The molecule has 94 valence electrons. The topological polar surface area (TPSA) is 23.6 Å². The van der Waals surface area contributed by atoms with E-state index >= 15 is 0 Å². The van der Waals surface area contributed by atoms with E-state index in [4.69, 9.17) is 0 Å². The molecule has 0 N–H and O–H groups in total. The van der Waals surface area contributed by atoms with E-state index in [9.17, 15) is 4.79 Å². The number of hydrogen-bond acceptors (Lipinski definition) is 2. The van der Waals surface area contributed by atoms with Gasteiger partial charge in [0.05, 0.1) is 6.67 Å². The number of amides is 1. The van der Waals surface area contributed by atoms with Crippen molar-refractivity contribution in [3.63, 3.8) is 0 Å². The first-order valence-electron chi connectivity index (χ1n) is 6.11. The van der Waals surface area contributed by atoms with Crippen molar-refractivity contribution in [3.05, 3.63) is 35.9 Å². The van der Waals surface area contributed by atoms with Crippen LogP contribution in [0, 0.1) is 0 Å². The highest BCUT2D eigenvalue weighted by Crippen LogP contribution is 2.05. The first-order chi connectivity index (χ1) is 8.13. The van der Waals surface area contributed by atoms with Crippen molar-refractivity contribution in [3.8, 4) is 0 Å². The lowest BCUT2D eigenvalue weighted by Gasteiger charge is -2.27. The fraction of sp³-hybridized carbons (Fsp3) is 0.500. The Kier molecular flexibility index (Phi) is 5.70. The Bertz CT molecular complexity index is 337. The molecule has 0 saturated heterocycles. The highest BCUT2D eigenvalue weighted by Gasteiger charge is 2.09. The average molecular weight is 234 g/mol. The van der Waals surface area contributed by atoms with E-state index in [1.807, 2.05) is 25.2 Å². The van der Waals surface area contributed by atoms with Gasteiger partial charge in [0.25, 0.3) is 0 Å². The summed E-state index contributed by atoms with van der Waals surface area (Å²) in [5.74, 6) is 0.110. The number of nitrogens with zero attached hydrogens (tertiary/aromatic N) is 2. The molecule has 1 amide bonds. The van der Waals surface area contributed by atoms with E-state index in [1.54, 1.807) is 11.8 Å². The predicted octanol–water partition coefficient (Wildman–Crippen LogP) is 2.33. The number of benzene rings is 1. The molecule has 3 nitrogen and oxygen atoms in total. The van der Waals surface area contributed by atoms with Gasteiger partial charge in [-0.1, -0.05) is 37.3 Å². The fourth-order valence-corrected chi connectivity index (χ4v) is 1.76. The second kappa shape index (κ2) is 7.07. The molecule has 0 aliphatic heterocycles. The molecule has 17 heavy (non-hydrogen) atoms. The van der Waals surface area contributed by atoms with Gasteiger partial charge in [-0.25, -0.2) is 0 Å². The van der Waals surface area contributed by atoms with E-state index in [2.05, 4.69) is 24.0 Å². The standard InChI is InChI=1S/C14H22N2O/c1-4-10-16(12-15(3)13(2)17)11-14-8-6-5-7-9-14/h5-9H,4,10-12H2,1-3H3. The molecule has 3 heteroatoms. The van der Waals surface area contributed by atoms with Crippen molar-refractivity contribution in [1.82, 2.24) is 9.80 Å². The maximum Gasteiger partial charge on any atom is 0.220 e. The van der Waals surface area contributed by atoms with Crippen LogP contribution in [0.4, 0.5) is 0 Å². The summed E-state index contributed by atoms with van der Waals surface area (Å²) in [6.07, 6.45) is 1.10. The summed E-state index contributed by atoms with van der Waals surface area (Å²) in [6, 6.07) is 10.4. The normalized spacial score (nSPS) is 10.6. The zero-order chi connectivity index (χ0) is 12.7. The Morgan fingerprint density at radius 2 is 1.88 bits per heavy atom. The van der Waals surface area contributed by atoms with Crippen LogP contribution < -0.4 is 0 Å². The zero-order valence-corrected chi connectivity index (χ0v) is 11.0. The lowest BCUT2D eigenvalue weighted by atomic mass is 10.2. The average Bonchev–Trinajstić information content (AvgIpc) is 2.30. The Hall–Kier alpha value is -1.35. The molecular weight excluding hydrogens is 212 g/mol. The molecule has 0 unspecified atom stereocenters. The third-order valence-corrected chi connectivity index (χ3v) is 2.74. The summed E-state index contributed by atoms with van der Waals surface area (Å²) in [5.41, 5.74) is 1.29. The van der Waals surface area contributed by atoms with Gasteiger partial charge in [0.15, 0.2) is 0 Å². The van der Waals surface area contributed by atoms with Crippen LogP contribution >= 0.6 is 0 Å². The minimum absolute atomic E-state index is 0.110. The monoisotopic (exact) mass is 234 g/mol. The zero-order valence-electron chi connectivity index (χ0n) is 11.0. The molecule has 0 saturated carbocycles. The molecule has 0 aliphatic rings. The highest BCUT2D eigenvalue weighted by molar-refractivity contribution is 5.72. The summed E-state index contributed by atoms with van der Waals surface area (Å²) in [7, 11) is 1.84. The van der Waals surface area contributed by atoms with Gasteiger partial charge in [-0.05, 0) is 18.5 Å². The minimum Gasteiger partial charge on any atom is -0.333 e. The summed E-state index contributed by atoms with van der Waals surface area (Å²) in [4.78, 5) is 15.3. The lowest BCUT2D eigenvalue weighted by Crippen LogP contribution is -2.38. The lowest BCUT2D eigenvalue weighted by molar-refractivity contribution is -0.129. The molecule has 0 radical (unpaired) electrons. The van der Waals surface area contributed by atoms with Crippen molar-refractivity contribution in [2.75, 3.05) is 20.3 Å². The van der Waals surface area contributed by atoms with Crippen molar-refractivity contribution in [2.45, 2.75) is 26.8 Å². The Morgan fingerprint density at radius 3 is 2.41 bits per heavy atom. The highest BCUT2D eigenvalue weighted by atomic mass is 16.2. The van der Waals surface area contributed by atoms with Crippen molar-refractivity contribution in [2.24, 2.45) is 0 Å². The van der Waals surface area contributed by atoms with Crippen LogP contribution in [0.2, 0.25) is 0 Å². The van der Waals surface area contributed by atoms with Crippen LogP contribution in [0.5, 0.6) is 0 Å². The van der Waals surface area contributed by atoms with E-state index < -0.39 is 0 Å². The molecule has 0 aromatic heterocycles. The predicted molar refractivity (Wildman–Crippen MR) is 70.5 cm³/mol. The second-order valence-corrected chi connectivity index (χ2v) is 4.40. The molecule has 1 rings (SSSR count). The van der Waals surface area contributed by atoms with E-state index in [-0.39, 0.29) is 5.91 Å². The van der Waals surface area contributed by atoms with Crippen LogP contribution in [-0.4, -0.2) is 36.0 Å². The number of carbonyl (C=O) groups is 1. The SMILES string of the molecule is CCCN(Cc1ccccc1)CN(C)C(C)=O. The number of rotatable bonds is 6. The van der Waals surface area contributed by atoms with Crippen LogP contribution in [0.3, 0.4) is 0 Å². The van der Waals surface area contributed by atoms with Crippen LogP contribution in [0.15, 0.2) is 30.3 Å². The number of carbonyl (C=O) groups excluding carboxylic acids is 1. The van der Waals surface area contributed by atoms with Gasteiger partial charge in [0.2, 0.25) is 5.91 Å². The van der Waals surface area contributed by atoms with E-state index in [0.717, 1.165) is 19.5 Å². The molecule has 0 bridgehead atoms. The maximum absolute atomic E-state index is 11.2. The molecule has 0 fully saturated rings.